The van der Waals surface area contributed by atoms with E-state index in [-0.39, 0.29) is 17.7 Å². The molecule has 0 saturated heterocycles. The third-order valence-corrected chi connectivity index (χ3v) is 2.56. The lowest BCUT2D eigenvalue weighted by Gasteiger charge is -2.22. The van der Waals surface area contributed by atoms with Gasteiger partial charge in [-0.05, 0) is 52.3 Å². The summed E-state index contributed by atoms with van der Waals surface area (Å²) >= 11 is 0. The van der Waals surface area contributed by atoms with Gasteiger partial charge in [-0.3, -0.25) is 4.98 Å². The smallest absolute Gasteiger partial charge is 0.407 e. The lowest BCUT2D eigenvalue weighted by molar-refractivity contribution is 0.0956. The quantitative estimate of drug-likeness (QED) is 0.785. The molecule has 0 aromatic carbocycles. The third-order valence-electron chi connectivity index (χ3n) is 2.56. The molecule has 20 heavy (non-hydrogen) atoms. The Morgan fingerprint density at radius 3 is 2.80 bits per heavy atom. The number of alkyl carbamates (subject to hydrolysis) is 1. The Labute approximate surface area is 121 Å². The van der Waals surface area contributed by atoms with Crippen molar-refractivity contribution < 1.29 is 9.53 Å². The number of pyridine rings is 1. The van der Waals surface area contributed by atoms with Crippen molar-refractivity contribution in [3.63, 3.8) is 0 Å². The highest BCUT2D eigenvalue weighted by Crippen LogP contribution is 2.03. The first-order valence-corrected chi connectivity index (χ1v) is 6.95. The minimum Gasteiger partial charge on any atom is -0.446 e. The Morgan fingerprint density at radius 2 is 2.20 bits per heavy atom. The molecule has 112 valence electrons. The van der Waals surface area contributed by atoms with Crippen LogP contribution in [0.3, 0.4) is 0 Å². The monoisotopic (exact) mass is 279 g/mol. The zero-order valence-corrected chi connectivity index (χ0v) is 12.8. The standard InChI is InChI=1S/C15H25N3O2/c1-12(20-14(19)18-15(2,3)4)7-9-17-11-13-6-5-8-16-10-13/h5-6,8,10,12,17H,7,9,11H2,1-4H3,(H,18,19)/t12-/m0/s1. The van der Waals surface area contributed by atoms with Gasteiger partial charge in [0.2, 0.25) is 0 Å². The first kappa shape index (κ1) is 16.4. The summed E-state index contributed by atoms with van der Waals surface area (Å²) in [5.41, 5.74) is 0.876. The topological polar surface area (TPSA) is 63.3 Å². The Morgan fingerprint density at radius 1 is 1.45 bits per heavy atom. The van der Waals surface area contributed by atoms with Gasteiger partial charge in [0.05, 0.1) is 0 Å². The van der Waals surface area contributed by atoms with Gasteiger partial charge >= 0.3 is 6.09 Å². The molecule has 0 radical (unpaired) electrons. The summed E-state index contributed by atoms with van der Waals surface area (Å²) in [5, 5.41) is 6.08. The van der Waals surface area contributed by atoms with E-state index in [4.69, 9.17) is 4.74 Å². The summed E-state index contributed by atoms with van der Waals surface area (Å²) in [6.07, 6.45) is 3.89. The predicted molar refractivity (Wildman–Crippen MR) is 79.4 cm³/mol. The fraction of sp³-hybridized carbons (Fsp3) is 0.600. The molecule has 1 atom stereocenters. The van der Waals surface area contributed by atoms with Gasteiger partial charge in [-0.2, -0.15) is 0 Å². The minimum atomic E-state index is -0.364. The van der Waals surface area contributed by atoms with Crippen molar-refractivity contribution in [2.75, 3.05) is 6.54 Å². The maximum Gasteiger partial charge on any atom is 0.407 e. The van der Waals surface area contributed by atoms with Crippen molar-refractivity contribution in [1.29, 1.82) is 0 Å². The van der Waals surface area contributed by atoms with Crippen LogP contribution in [-0.4, -0.2) is 29.3 Å². The Hall–Kier alpha value is -1.62. The average Bonchev–Trinajstić information content (AvgIpc) is 2.33. The number of nitrogens with one attached hydrogen (secondary N) is 2. The van der Waals surface area contributed by atoms with E-state index in [0.29, 0.717) is 0 Å². The number of aromatic nitrogens is 1. The predicted octanol–water partition coefficient (Wildman–Crippen LogP) is 2.47. The Kier molecular flexibility index (Phi) is 6.45. The van der Waals surface area contributed by atoms with E-state index >= 15 is 0 Å². The van der Waals surface area contributed by atoms with Crippen LogP contribution in [0.15, 0.2) is 24.5 Å². The lowest BCUT2D eigenvalue weighted by atomic mass is 10.1. The van der Waals surface area contributed by atoms with Crippen molar-refractivity contribution in [3.05, 3.63) is 30.1 Å². The van der Waals surface area contributed by atoms with Gasteiger partial charge < -0.3 is 15.4 Å². The first-order valence-electron chi connectivity index (χ1n) is 6.95. The van der Waals surface area contributed by atoms with Crippen LogP contribution in [0.25, 0.3) is 0 Å². The molecule has 0 bridgehead atoms. The number of carbonyl (C=O) groups is 1. The van der Waals surface area contributed by atoms with Crippen molar-refractivity contribution in [1.82, 2.24) is 15.6 Å². The number of hydrogen-bond acceptors (Lipinski definition) is 4. The van der Waals surface area contributed by atoms with E-state index in [1.54, 1.807) is 6.20 Å². The molecule has 1 heterocycles. The molecule has 2 N–H and O–H groups in total. The molecule has 1 aromatic heterocycles. The second kappa shape index (κ2) is 7.85. The fourth-order valence-electron chi connectivity index (χ4n) is 1.62. The second-order valence-corrected chi connectivity index (χ2v) is 5.92. The number of ether oxygens (including phenoxy) is 1. The summed E-state index contributed by atoms with van der Waals surface area (Å²) in [6.45, 7) is 9.23. The molecular weight excluding hydrogens is 254 g/mol. The average molecular weight is 279 g/mol. The largest absolute Gasteiger partial charge is 0.446 e. The highest BCUT2D eigenvalue weighted by atomic mass is 16.6. The zero-order chi connectivity index (χ0) is 15.0. The molecule has 5 heteroatoms. The highest BCUT2D eigenvalue weighted by molar-refractivity contribution is 5.68. The van der Waals surface area contributed by atoms with Crippen LogP contribution in [0.5, 0.6) is 0 Å². The second-order valence-electron chi connectivity index (χ2n) is 5.92. The molecule has 0 saturated carbocycles. The number of rotatable bonds is 6. The zero-order valence-electron chi connectivity index (χ0n) is 12.8. The van der Waals surface area contributed by atoms with E-state index in [1.165, 1.54) is 0 Å². The Balaban J connectivity index is 2.14. The maximum atomic E-state index is 11.6. The molecule has 0 spiro atoms. The molecule has 0 aliphatic heterocycles. The normalized spacial score (nSPS) is 12.8. The molecule has 1 aromatic rings. The molecule has 0 unspecified atom stereocenters. The van der Waals surface area contributed by atoms with Crippen molar-refractivity contribution >= 4 is 6.09 Å². The van der Waals surface area contributed by atoms with Crippen LogP contribution < -0.4 is 10.6 Å². The summed E-state index contributed by atoms with van der Waals surface area (Å²) in [5.74, 6) is 0. The van der Waals surface area contributed by atoms with E-state index in [2.05, 4.69) is 15.6 Å². The van der Waals surface area contributed by atoms with Gasteiger partial charge in [-0.1, -0.05) is 6.07 Å². The van der Waals surface area contributed by atoms with Gasteiger partial charge in [0.1, 0.15) is 6.10 Å². The summed E-state index contributed by atoms with van der Waals surface area (Å²) in [6, 6.07) is 3.94. The third kappa shape index (κ3) is 7.74. The number of nitrogens with zero attached hydrogens (tertiary/aromatic N) is 1. The van der Waals surface area contributed by atoms with Crippen LogP contribution in [0.1, 0.15) is 39.7 Å². The van der Waals surface area contributed by atoms with Crippen molar-refractivity contribution in [2.24, 2.45) is 0 Å². The number of carbonyl (C=O) groups excluding carboxylic acids is 1. The van der Waals surface area contributed by atoms with Gasteiger partial charge in [0.15, 0.2) is 0 Å². The molecule has 1 amide bonds. The van der Waals surface area contributed by atoms with E-state index in [1.807, 2.05) is 46.0 Å². The first-order chi connectivity index (χ1) is 9.37. The number of amides is 1. The molecular formula is C15H25N3O2. The fourth-order valence-corrected chi connectivity index (χ4v) is 1.62. The van der Waals surface area contributed by atoms with E-state index in [9.17, 15) is 4.79 Å². The molecule has 1 rings (SSSR count). The highest BCUT2D eigenvalue weighted by Gasteiger charge is 2.16. The number of hydrogen-bond donors (Lipinski definition) is 2. The molecule has 0 fully saturated rings. The van der Waals surface area contributed by atoms with Gasteiger partial charge in [-0.15, -0.1) is 0 Å². The van der Waals surface area contributed by atoms with Crippen LogP contribution >= 0.6 is 0 Å². The van der Waals surface area contributed by atoms with Crippen LogP contribution in [0.2, 0.25) is 0 Å². The molecule has 5 nitrogen and oxygen atoms in total. The minimum absolute atomic E-state index is 0.112. The van der Waals surface area contributed by atoms with Gasteiger partial charge in [0.25, 0.3) is 0 Å². The summed E-state index contributed by atoms with van der Waals surface area (Å²) in [7, 11) is 0. The summed E-state index contributed by atoms with van der Waals surface area (Å²) < 4.78 is 5.28. The summed E-state index contributed by atoms with van der Waals surface area (Å²) in [4.78, 5) is 15.6. The lowest BCUT2D eigenvalue weighted by Crippen LogP contribution is -2.42. The maximum absolute atomic E-state index is 11.6. The SMILES string of the molecule is C[C@@H](CCNCc1cccnc1)OC(=O)NC(C)(C)C. The van der Waals surface area contributed by atoms with Crippen molar-refractivity contribution in [2.45, 2.75) is 52.3 Å². The Bertz CT molecular complexity index is 401. The van der Waals surface area contributed by atoms with Crippen LogP contribution in [-0.2, 0) is 11.3 Å². The molecule has 0 aliphatic rings. The van der Waals surface area contributed by atoms with E-state index < -0.39 is 0 Å². The molecule has 0 aliphatic carbocycles. The van der Waals surface area contributed by atoms with Crippen LogP contribution in [0.4, 0.5) is 4.79 Å². The van der Waals surface area contributed by atoms with Gasteiger partial charge in [-0.25, -0.2) is 4.79 Å². The van der Waals surface area contributed by atoms with Crippen molar-refractivity contribution in [3.8, 4) is 0 Å². The van der Waals surface area contributed by atoms with Crippen LogP contribution in [0, 0.1) is 0 Å². The van der Waals surface area contributed by atoms with E-state index in [0.717, 1.165) is 25.1 Å². The van der Waals surface area contributed by atoms with Gasteiger partial charge in [0, 0.05) is 24.5 Å².